The third kappa shape index (κ3) is 7.00. The van der Waals surface area contributed by atoms with Crippen LogP contribution in [-0.2, 0) is 25.9 Å². The summed E-state index contributed by atoms with van der Waals surface area (Å²) in [6.45, 7) is 1.91. The minimum atomic E-state index is -1.12. The third-order valence-electron chi connectivity index (χ3n) is 7.87. The molecular weight excluding hydrogens is 605 g/mol. The van der Waals surface area contributed by atoms with E-state index in [0.29, 0.717) is 61.0 Å². The lowest BCUT2D eigenvalue weighted by atomic mass is 9.94. The van der Waals surface area contributed by atoms with Crippen molar-refractivity contribution in [2.24, 2.45) is 0 Å². The number of para-hydroxylation sites is 1. The Kier molecular flexibility index (Phi) is 9.23. The first-order chi connectivity index (χ1) is 22.2. The number of thiazole rings is 1. The monoisotopic (exact) mass is 639 g/mol. The summed E-state index contributed by atoms with van der Waals surface area (Å²) in [5, 5.41) is 13.5. The fraction of sp³-hybridized carbons (Fsp3) is 0.257. The number of carboxylic acid groups (broad SMARTS) is 1. The molecule has 46 heavy (non-hydrogen) atoms. The summed E-state index contributed by atoms with van der Waals surface area (Å²) in [6, 6.07) is 22.0. The molecule has 0 fully saturated rings. The molecule has 11 heteroatoms. The Labute approximate surface area is 270 Å². The Balaban J connectivity index is 1.12. The van der Waals surface area contributed by atoms with Gasteiger partial charge in [0.2, 0.25) is 0 Å². The molecule has 0 saturated heterocycles. The second kappa shape index (κ2) is 13.6. The van der Waals surface area contributed by atoms with Crippen LogP contribution < -0.4 is 15.0 Å². The van der Waals surface area contributed by atoms with Gasteiger partial charge in [-0.05, 0) is 92.0 Å². The molecule has 6 rings (SSSR count). The summed E-state index contributed by atoms with van der Waals surface area (Å²) in [7, 11) is 3.84. The van der Waals surface area contributed by atoms with E-state index < -0.39 is 11.8 Å². The largest absolute Gasteiger partial charge is 0.491 e. The molecule has 5 aromatic rings. The van der Waals surface area contributed by atoms with E-state index in [2.05, 4.69) is 15.3 Å². The van der Waals surface area contributed by atoms with Gasteiger partial charge in [0, 0.05) is 25.2 Å². The first kappa shape index (κ1) is 31.1. The zero-order valence-electron chi connectivity index (χ0n) is 25.6. The summed E-state index contributed by atoms with van der Waals surface area (Å²) in [5.41, 5.74) is 4.76. The van der Waals surface area contributed by atoms with Crippen molar-refractivity contribution in [3.63, 3.8) is 0 Å². The van der Waals surface area contributed by atoms with Crippen molar-refractivity contribution in [2.75, 3.05) is 37.5 Å². The van der Waals surface area contributed by atoms with Crippen molar-refractivity contribution in [2.45, 2.75) is 32.4 Å². The van der Waals surface area contributed by atoms with Crippen molar-refractivity contribution >= 4 is 44.4 Å². The van der Waals surface area contributed by atoms with Gasteiger partial charge in [-0.2, -0.15) is 0 Å². The predicted molar refractivity (Wildman–Crippen MR) is 178 cm³/mol. The van der Waals surface area contributed by atoms with E-state index in [0.717, 1.165) is 26.9 Å². The molecule has 1 aliphatic rings. The number of benzene rings is 3. The number of ether oxygens (including phenoxy) is 1. The van der Waals surface area contributed by atoms with Crippen LogP contribution >= 0.6 is 11.3 Å². The molecule has 0 saturated carbocycles. The number of fused-ring (bicyclic) bond motifs is 2. The number of rotatable bonds is 11. The maximum absolute atomic E-state index is 14.5. The summed E-state index contributed by atoms with van der Waals surface area (Å²) in [5.74, 6) is -1.07. The maximum atomic E-state index is 14.5. The molecule has 9 nitrogen and oxygen atoms in total. The normalized spacial score (nSPS) is 12.7. The smallest absolute Gasteiger partial charge is 0.354 e. The van der Waals surface area contributed by atoms with Gasteiger partial charge in [-0.25, -0.2) is 19.2 Å². The van der Waals surface area contributed by atoms with Crippen LogP contribution in [0.2, 0.25) is 0 Å². The summed E-state index contributed by atoms with van der Waals surface area (Å²) in [6.07, 6.45) is 1.59. The van der Waals surface area contributed by atoms with Crippen molar-refractivity contribution in [3.8, 4) is 5.75 Å². The van der Waals surface area contributed by atoms with Gasteiger partial charge in [0.05, 0.1) is 16.8 Å². The number of aryl methyl sites for hydroxylation is 1. The van der Waals surface area contributed by atoms with E-state index in [1.54, 1.807) is 18.2 Å². The van der Waals surface area contributed by atoms with E-state index in [9.17, 15) is 19.1 Å². The van der Waals surface area contributed by atoms with Crippen LogP contribution in [0.1, 0.15) is 49.5 Å². The molecule has 0 spiro atoms. The minimum Gasteiger partial charge on any atom is -0.491 e. The zero-order valence-corrected chi connectivity index (χ0v) is 26.4. The number of carbonyl (C=O) groups excluding carboxylic acids is 1. The van der Waals surface area contributed by atoms with E-state index in [1.165, 1.54) is 17.4 Å². The Hall–Kier alpha value is -4.87. The maximum Gasteiger partial charge on any atom is 0.354 e. The third-order valence-corrected chi connectivity index (χ3v) is 8.82. The van der Waals surface area contributed by atoms with Gasteiger partial charge in [-0.1, -0.05) is 47.7 Å². The van der Waals surface area contributed by atoms with Gasteiger partial charge >= 0.3 is 5.97 Å². The summed E-state index contributed by atoms with van der Waals surface area (Å²) >= 11 is 1.42. The van der Waals surface area contributed by atoms with Gasteiger partial charge in [0.1, 0.15) is 5.82 Å². The highest BCUT2D eigenvalue weighted by molar-refractivity contribution is 7.22. The molecule has 1 amide bonds. The molecular formula is C35H34FN5O4S. The lowest BCUT2D eigenvalue weighted by Gasteiger charge is -2.31. The molecule has 2 aromatic heterocycles. The fourth-order valence-corrected chi connectivity index (χ4v) is 6.55. The first-order valence-electron chi connectivity index (χ1n) is 15.1. The quantitative estimate of drug-likeness (QED) is 0.160. The topological polar surface area (TPSA) is 108 Å². The Bertz CT molecular complexity index is 1880. The van der Waals surface area contributed by atoms with E-state index in [4.69, 9.17) is 4.74 Å². The van der Waals surface area contributed by atoms with Crippen LogP contribution in [-0.4, -0.2) is 59.1 Å². The predicted octanol–water partition coefficient (Wildman–Crippen LogP) is 6.42. The molecule has 0 atom stereocenters. The number of halogens is 1. The number of hydrogen-bond donors (Lipinski definition) is 2. The summed E-state index contributed by atoms with van der Waals surface area (Å²) < 4.78 is 21.1. The van der Waals surface area contributed by atoms with E-state index >= 15 is 0 Å². The van der Waals surface area contributed by atoms with E-state index in [-0.39, 0.29) is 24.0 Å². The van der Waals surface area contributed by atoms with Gasteiger partial charge in [-0.3, -0.25) is 10.1 Å². The van der Waals surface area contributed by atoms with Crippen LogP contribution in [0.5, 0.6) is 5.75 Å². The standard InChI is InChI=1S/C35H34FN5O4S/c1-40(2)20-22-12-14-29(27(36)19-22)45-18-6-8-24-13-15-31(38-32(24)34(43)44)41-17-16-23-7-5-9-25(26(23)21-41)33(42)39-35-37-28-10-3-4-11-30(28)46-35/h3-5,7,9-15,19H,6,8,16-18,20-21H2,1-2H3,(H,43,44)(H,37,39,42). The SMILES string of the molecule is CN(C)Cc1ccc(OCCCc2ccc(N3CCc4cccc(C(=O)Nc5nc6ccccc6s5)c4C3)nc2C(=O)O)c(F)c1. The van der Waals surface area contributed by atoms with Crippen molar-refractivity contribution in [3.05, 3.63) is 112 Å². The number of pyridine rings is 1. The number of aromatic carboxylic acids is 1. The van der Waals surface area contributed by atoms with Crippen LogP contribution in [0.25, 0.3) is 10.2 Å². The molecule has 3 aromatic carbocycles. The number of nitrogens with zero attached hydrogens (tertiary/aromatic N) is 4. The second-order valence-corrected chi connectivity index (χ2v) is 12.5. The molecule has 0 unspecified atom stereocenters. The zero-order chi connectivity index (χ0) is 32.2. The fourth-order valence-electron chi connectivity index (χ4n) is 5.69. The number of carboxylic acids is 1. The van der Waals surface area contributed by atoms with Crippen LogP contribution in [0.3, 0.4) is 0 Å². The van der Waals surface area contributed by atoms with E-state index in [1.807, 2.05) is 72.4 Å². The number of anilines is 2. The first-order valence-corrected chi connectivity index (χ1v) is 15.9. The van der Waals surface area contributed by atoms with Crippen LogP contribution in [0, 0.1) is 5.82 Å². The second-order valence-electron chi connectivity index (χ2n) is 11.5. The molecule has 0 radical (unpaired) electrons. The van der Waals surface area contributed by atoms with Gasteiger partial charge in [0.15, 0.2) is 22.4 Å². The highest BCUT2D eigenvalue weighted by Crippen LogP contribution is 2.30. The minimum absolute atomic E-state index is 0.0237. The molecule has 1 aliphatic heterocycles. The Morgan fingerprint density at radius 2 is 1.91 bits per heavy atom. The van der Waals surface area contributed by atoms with Gasteiger partial charge in [-0.15, -0.1) is 0 Å². The Morgan fingerprint density at radius 3 is 2.70 bits per heavy atom. The highest BCUT2D eigenvalue weighted by atomic mass is 32.1. The molecule has 0 bridgehead atoms. The number of hydrogen-bond acceptors (Lipinski definition) is 8. The summed E-state index contributed by atoms with van der Waals surface area (Å²) in [4.78, 5) is 38.6. The Morgan fingerprint density at radius 1 is 1.07 bits per heavy atom. The lowest BCUT2D eigenvalue weighted by molar-refractivity contribution is 0.0689. The highest BCUT2D eigenvalue weighted by Gasteiger charge is 2.25. The van der Waals surface area contributed by atoms with Gasteiger partial charge < -0.3 is 19.6 Å². The molecule has 236 valence electrons. The molecule has 0 aliphatic carbocycles. The number of carbonyl (C=O) groups is 2. The van der Waals surface area contributed by atoms with Crippen LogP contribution in [0.4, 0.5) is 15.3 Å². The van der Waals surface area contributed by atoms with Crippen molar-refractivity contribution in [1.82, 2.24) is 14.9 Å². The van der Waals surface area contributed by atoms with Crippen LogP contribution in [0.15, 0.2) is 72.8 Å². The molecule has 3 heterocycles. The number of aromatic nitrogens is 2. The average Bonchev–Trinajstić information content (AvgIpc) is 3.45. The van der Waals surface area contributed by atoms with Crippen molar-refractivity contribution < 1.29 is 23.8 Å². The van der Waals surface area contributed by atoms with Crippen molar-refractivity contribution in [1.29, 1.82) is 0 Å². The number of amides is 1. The molecule has 2 N–H and O–H groups in total. The lowest BCUT2D eigenvalue weighted by Crippen LogP contribution is -2.33. The van der Waals surface area contributed by atoms with Gasteiger partial charge in [0.25, 0.3) is 5.91 Å². The average molecular weight is 640 g/mol. The number of nitrogens with one attached hydrogen (secondary N) is 1.